The number of hydrogen-bond donors (Lipinski definition) is 2. The molecular weight excluding hydrogens is 281 g/mol. The van der Waals surface area contributed by atoms with E-state index in [9.17, 15) is 13.2 Å². The minimum Gasteiger partial charge on any atom is -0.398 e. The Morgan fingerprint density at radius 1 is 1.19 bits per heavy atom. The smallest absolute Gasteiger partial charge is 0.398 e. The van der Waals surface area contributed by atoms with Crippen LogP contribution in [0.2, 0.25) is 0 Å². The molecule has 0 saturated carbocycles. The maximum absolute atomic E-state index is 12.6. The van der Waals surface area contributed by atoms with Crippen LogP contribution in [0, 0.1) is 11.3 Å². The Hall–Kier alpha value is -2.75. The van der Waals surface area contributed by atoms with Crippen LogP contribution in [0.5, 0.6) is 0 Å². The summed E-state index contributed by atoms with van der Waals surface area (Å²) in [5.74, 6) is -0.115. The summed E-state index contributed by atoms with van der Waals surface area (Å²) in [7, 11) is 0. The lowest BCUT2D eigenvalue weighted by molar-refractivity contribution is -0.141. The Bertz CT molecular complexity index is 689. The van der Waals surface area contributed by atoms with Crippen LogP contribution in [0.4, 0.5) is 24.7 Å². The highest BCUT2D eigenvalue weighted by atomic mass is 19.4. The molecule has 2 rings (SSSR count). The van der Waals surface area contributed by atoms with E-state index in [1.807, 2.05) is 0 Å². The van der Waals surface area contributed by atoms with Gasteiger partial charge in [0.2, 0.25) is 0 Å². The zero-order valence-corrected chi connectivity index (χ0v) is 10.8. The van der Waals surface area contributed by atoms with Crippen molar-refractivity contribution < 1.29 is 13.2 Å². The van der Waals surface area contributed by atoms with Gasteiger partial charge in [0.1, 0.15) is 17.6 Å². The SMILES string of the molecule is N#Cc1ccc(C(F)(F)F)nc1NCc1ccccc1N. The Kier molecular flexibility index (Phi) is 3.98. The van der Waals surface area contributed by atoms with E-state index in [1.165, 1.54) is 0 Å². The number of para-hydroxylation sites is 1. The topological polar surface area (TPSA) is 74.7 Å². The molecule has 1 heterocycles. The first kappa shape index (κ1) is 14.7. The van der Waals surface area contributed by atoms with Gasteiger partial charge >= 0.3 is 6.18 Å². The number of nitrogens with one attached hydrogen (secondary N) is 1. The van der Waals surface area contributed by atoms with E-state index < -0.39 is 11.9 Å². The molecule has 4 nitrogen and oxygen atoms in total. The van der Waals surface area contributed by atoms with Crippen molar-refractivity contribution in [2.24, 2.45) is 0 Å². The average molecular weight is 292 g/mol. The normalized spacial score (nSPS) is 11.0. The molecule has 1 aromatic carbocycles. The van der Waals surface area contributed by atoms with Crippen LogP contribution in [-0.2, 0) is 12.7 Å². The van der Waals surface area contributed by atoms with Crippen LogP contribution >= 0.6 is 0 Å². The Morgan fingerprint density at radius 3 is 2.52 bits per heavy atom. The number of nitrogens with zero attached hydrogens (tertiary/aromatic N) is 2. The summed E-state index contributed by atoms with van der Waals surface area (Å²) in [5.41, 5.74) is 5.96. The van der Waals surface area contributed by atoms with Crippen LogP contribution in [0.1, 0.15) is 16.8 Å². The molecule has 0 atom stereocenters. The quantitative estimate of drug-likeness (QED) is 0.852. The fourth-order valence-electron chi connectivity index (χ4n) is 1.72. The number of anilines is 2. The minimum atomic E-state index is -4.56. The number of hydrogen-bond acceptors (Lipinski definition) is 4. The zero-order chi connectivity index (χ0) is 15.5. The van der Waals surface area contributed by atoms with Gasteiger partial charge in [-0.05, 0) is 23.8 Å². The van der Waals surface area contributed by atoms with Gasteiger partial charge in [0.15, 0.2) is 0 Å². The van der Waals surface area contributed by atoms with Gasteiger partial charge in [0.05, 0.1) is 5.56 Å². The van der Waals surface area contributed by atoms with E-state index in [2.05, 4.69) is 10.3 Å². The van der Waals surface area contributed by atoms with Crippen molar-refractivity contribution in [2.75, 3.05) is 11.1 Å². The Labute approximate surface area is 119 Å². The monoisotopic (exact) mass is 292 g/mol. The lowest BCUT2D eigenvalue weighted by Gasteiger charge is -2.12. The number of pyridine rings is 1. The van der Waals surface area contributed by atoms with Crippen molar-refractivity contribution in [3.8, 4) is 6.07 Å². The molecule has 0 spiro atoms. The fraction of sp³-hybridized carbons (Fsp3) is 0.143. The number of aromatic nitrogens is 1. The number of halogens is 3. The molecule has 108 valence electrons. The molecule has 21 heavy (non-hydrogen) atoms. The number of nitriles is 1. The molecule has 0 saturated heterocycles. The summed E-state index contributed by atoms with van der Waals surface area (Å²) in [4.78, 5) is 3.46. The van der Waals surface area contributed by atoms with E-state index in [4.69, 9.17) is 11.0 Å². The van der Waals surface area contributed by atoms with Gasteiger partial charge < -0.3 is 11.1 Å². The van der Waals surface area contributed by atoms with Crippen molar-refractivity contribution in [1.29, 1.82) is 5.26 Å². The second kappa shape index (κ2) is 5.71. The highest BCUT2D eigenvalue weighted by Crippen LogP contribution is 2.29. The van der Waals surface area contributed by atoms with Crippen molar-refractivity contribution in [2.45, 2.75) is 12.7 Å². The second-order valence-corrected chi connectivity index (χ2v) is 4.25. The van der Waals surface area contributed by atoms with Crippen LogP contribution in [0.25, 0.3) is 0 Å². The highest BCUT2D eigenvalue weighted by Gasteiger charge is 2.33. The van der Waals surface area contributed by atoms with Crippen molar-refractivity contribution in [3.63, 3.8) is 0 Å². The average Bonchev–Trinajstić information content (AvgIpc) is 2.45. The van der Waals surface area contributed by atoms with E-state index in [1.54, 1.807) is 30.3 Å². The fourth-order valence-corrected chi connectivity index (χ4v) is 1.72. The second-order valence-electron chi connectivity index (χ2n) is 4.25. The van der Waals surface area contributed by atoms with Crippen molar-refractivity contribution >= 4 is 11.5 Å². The maximum Gasteiger partial charge on any atom is 0.433 e. The lowest BCUT2D eigenvalue weighted by atomic mass is 10.1. The largest absolute Gasteiger partial charge is 0.433 e. The number of nitrogens with two attached hydrogens (primary N) is 1. The van der Waals surface area contributed by atoms with Crippen LogP contribution in [0.15, 0.2) is 36.4 Å². The number of alkyl halides is 3. The summed E-state index contributed by atoms with van der Waals surface area (Å²) in [5, 5.41) is 11.6. The van der Waals surface area contributed by atoms with Crippen LogP contribution in [-0.4, -0.2) is 4.98 Å². The Morgan fingerprint density at radius 2 is 1.90 bits per heavy atom. The molecular formula is C14H11F3N4. The van der Waals surface area contributed by atoms with Crippen LogP contribution in [0.3, 0.4) is 0 Å². The molecule has 7 heteroatoms. The van der Waals surface area contributed by atoms with Gasteiger partial charge in [-0.25, -0.2) is 4.98 Å². The molecule has 3 N–H and O–H groups in total. The van der Waals surface area contributed by atoms with Gasteiger partial charge in [-0.1, -0.05) is 18.2 Å². The van der Waals surface area contributed by atoms with Crippen molar-refractivity contribution in [1.82, 2.24) is 4.98 Å². The summed E-state index contributed by atoms with van der Waals surface area (Å²) in [6.45, 7) is 0.176. The molecule has 0 aliphatic heterocycles. The zero-order valence-electron chi connectivity index (χ0n) is 10.8. The summed E-state index contributed by atoms with van der Waals surface area (Å²) in [6.07, 6.45) is -4.56. The van der Waals surface area contributed by atoms with E-state index >= 15 is 0 Å². The summed E-state index contributed by atoms with van der Waals surface area (Å²) >= 11 is 0. The number of nitrogen functional groups attached to an aromatic ring is 1. The Balaban J connectivity index is 2.27. The molecule has 2 aromatic rings. The third-order valence-electron chi connectivity index (χ3n) is 2.81. The predicted octanol–water partition coefficient (Wildman–Crippen LogP) is 3.17. The molecule has 0 aliphatic rings. The molecule has 1 aromatic heterocycles. The molecule has 0 bridgehead atoms. The van der Waals surface area contributed by atoms with Gasteiger partial charge in [-0.2, -0.15) is 18.4 Å². The summed E-state index contributed by atoms with van der Waals surface area (Å²) < 4.78 is 37.9. The van der Waals surface area contributed by atoms with Gasteiger partial charge in [0, 0.05) is 12.2 Å². The molecule has 0 unspecified atom stereocenters. The first-order valence-electron chi connectivity index (χ1n) is 5.97. The van der Waals surface area contributed by atoms with E-state index in [0.717, 1.165) is 12.1 Å². The van der Waals surface area contributed by atoms with Gasteiger partial charge in [-0.3, -0.25) is 0 Å². The van der Waals surface area contributed by atoms with Gasteiger partial charge in [0.25, 0.3) is 0 Å². The molecule has 0 fully saturated rings. The molecule has 0 radical (unpaired) electrons. The number of rotatable bonds is 3. The minimum absolute atomic E-state index is 0.0394. The first-order valence-corrected chi connectivity index (χ1v) is 5.97. The first-order chi connectivity index (χ1) is 9.91. The maximum atomic E-state index is 12.6. The predicted molar refractivity (Wildman–Crippen MR) is 72.1 cm³/mol. The van der Waals surface area contributed by atoms with Crippen LogP contribution < -0.4 is 11.1 Å². The molecule has 0 amide bonds. The third kappa shape index (κ3) is 3.42. The van der Waals surface area contributed by atoms with Crippen molar-refractivity contribution in [3.05, 3.63) is 53.2 Å². The molecule has 0 aliphatic carbocycles. The highest BCUT2D eigenvalue weighted by molar-refractivity contribution is 5.54. The van der Waals surface area contributed by atoms with Gasteiger partial charge in [-0.15, -0.1) is 0 Å². The number of benzene rings is 1. The van der Waals surface area contributed by atoms with E-state index in [0.29, 0.717) is 11.3 Å². The standard InChI is InChI=1S/C14H11F3N4/c15-14(16,17)12-6-5-9(7-18)13(21-12)20-8-10-3-1-2-4-11(10)19/h1-6H,8,19H2,(H,20,21). The third-order valence-corrected chi connectivity index (χ3v) is 2.81. The van der Waals surface area contributed by atoms with E-state index in [-0.39, 0.29) is 17.9 Å². The summed E-state index contributed by atoms with van der Waals surface area (Å²) in [6, 6.07) is 10.6. The lowest BCUT2D eigenvalue weighted by Crippen LogP contribution is -2.12.